The van der Waals surface area contributed by atoms with Gasteiger partial charge in [0.25, 0.3) is 0 Å². The average molecular weight is 340 g/mol. The molecule has 0 bridgehead atoms. The molecule has 0 fully saturated rings. The van der Waals surface area contributed by atoms with Crippen molar-refractivity contribution >= 4 is 22.3 Å². The summed E-state index contributed by atoms with van der Waals surface area (Å²) >= 11 is 0. The third-order valence-corrected chi connectivity index (χ3v) is 0.183. The van der Waals surface area contributed by atoms with E-state index < -0.39 is 22.3 Å². The molecular formula is C2H12CuO13S. The molecular weight excluding hydrogens is 328 g/mol. The molecule has 0 spiro atoms. The normalized spacial score (nSPS) is 6.00. The van der Waals surface area contributed by atoms with Gasteiger partial charge in [-0.25, -0.2) is 9.59 Å². The smallest absolute Gasteiger partial charge is 0.759 e. The first-order valence-corrected chi connectivity index (χ1v) is 3.11. The topological polar surface area (TPSA) is 312 Å². The Labute approximate surface area is 105 Å². The first kappa shape index (κ1) is 55.9. The molecule has 0 aliphatic rings. The molecule has 115 valence electrons. The van der Waals surface area contributed by atoms with E-state index in [-0.39, 0.29) is 44.4 Å². The molecule has 17 heavy (non-hydrogen) atoms. The van der Waals surface area contributed by atoms with E-state index in [4.69, 9.17) is 37.3 Å². The van der Waals surface area contributed by atoms with Crippen molar-refractivity contribution in [2.45, 2.75) is 0 Å². The fourth-order valence-corrected chi connectivity index (χ4v) is 0. The summed E-state index contributed by atoms with van der Waals surface area (Å²) in [5.74, 6) is -3.65. The Kier molecular flexibility index (Phi) is 80.1. The summed E-state index contributed by atoms with van der Waals surface area (Å²) < 4.78 is 34.1. The van der Waals surface area contributed by atoms with Gasteiger partial charge in [0.1, 0.15) is 0 Å². The maximum absolute atomic E-state index is 9.10. The summed E-state index contributed by atoms with van der Waals surface area (Å²) in [6, 6.07) is 0. The van der Waals surface area contributed by atoms with Gasteiger partial charge in [0.2, 0.25) is 0 Å². The van der Waals surface area contributed by atoms with Crippen LogP contribution in [0.15, 0.2) is 0 Å². The van der Waals surface area contributed by atoms with Crippen LogP contribution in [0, 0.1) is 0 Å². The molecule has 0 amide bonds. The maximum atomic E-state index is 9.10. The standard InChI is InChI=1S/C2H2O4.Cu.H2O4S.5H2O/c3-1(4)2(5)6;;1-5(2,3)4;;;;;/h(H,3,4)(H,5,6);;(H2,1,2,3,4);5*1H2/q;+2;;;;;;/p-2. The number of hydrogen-bond acceptors (Lipinski definition) is 6. The van der Waals surface area contributed by atoms with Crippen LogP contribution in [0.25, 0.3) is 0 Å². The van der Waals surface area contributed by atoms with Gasteiger partial charge in [-0.3, -0.25) is 8.42 Å². The minimum atomic E-state index is -5.17. The van der Waals surface area contributed by atoms with Crippen LogP contribution in [0.2, 0.25) is 0 Å². The predicted molar refractivity (Wildman–Crippen MR) is 43.8 cm³/mol. The van der Waals surface area contributed by atoms with Crippen LogP contribution in [0.3, 0.4) is 0 Å². The minimum Gasteiger partial charge on any atom is -0.759 e. The monoisotopic (exact) mass is 339 g/mol. The van der Waals surface area contributed by atoms with Gasteiger partial charge in [-0.2, -0.15) is 0 Å². The summed E-state index contributed by atoms with van der Waals surface area (Å²) in [6.07, 6.45) is 0. The first-order chi connectivity index (χ1) is 4.64. The third-order valence-electron chi connectivity index (χ3n) is 0.183. The Morgan fingerprint density at radius 2 is 0.824 bits per heavy atom. The zero-order valence-electron chi connectivity index (χ0n) is 7.55. The largest absolute Gasteiger partial charge is 2.00 e. The van der Waals surface area contributed by atoms with Crippen LogP contribution in [0.4, 0.5) is 0 Å². The van der Waals surface area contributed by atoms with E-state index in [2.05, 4.69) is 0 Å². The number of carbonyl (C=O) groups is 2. The number of hydrogen-bond donors (Lipinski definition) is 2. The van der Waals surface area contributed by atoms with Gasteiger partial charge >= 0.3 is 29.0 Å². The fourth-order valence-electron chi connectivity index (χ4n) is 0. The average Bonchev–Trinajstić information content (AvgIpc) is 1.59. The van der Waals surface area contributed by atoms with Crippen LogP contribution in [-0.2, 0) is 37.1 Å². The van der Waals surface area contributed by atoms with Crippen LogP contribution in [0.5, 0.6) is 0 Å². The van der Waals surface area contributed by atoms with Crippen molar-refractivity contribution in [2.75, 3.05) is 0 Å². The molecule has 1 radical (unpaired) electrons. The molecule has 0 aromatic heterocycles. The molecule has 0 rings (SSSR count). The van der Waals surface area contributed by atoms with Crippen molar-refractivity contribution in [1.82, 2.24) is 0 Å². The summed E-state index contributed by atoms with van der Waals surface area (Å²) in [7, 11) is -5.17. The predicted octanol–water partition coefficient (Wildman–Crippen LogP) is -6.31. The molecule has 0 saturated heterocycles. The molecule has 0 atom stereocenters. The van der Waals surface area contributed by atoms with E-state index >= 15 is 0 Å². The van der Waals surface area contributed by atoms with E-state index in [9.17, 15) is 0 Å². The fraction of sp³-hybridized carbons (Fsp3) is 0. The van der Waals surface area contributed by atoms with Crippen LogP contribution in [-0.4, -0.2) is 67.1 Å². The second kappa shape index (κ2) is 24.4. The molecule has 12 N–H and O–H groups in total. The van der Waals surface area contributed by atoms with Crippen LogP contribution in [0.1, 0.15) is 0 Å². The van der Waals surface area contributed by atoms with Crippen molar-refractivity contribution in [3.8, 4) is 0 Å². The van der Waals surface area contributed by atoms with E-state index in [1.54, 1.807) is 0 Å². The summed E-state index contributed by atoms with van der Waals surface area (Å²) in [5.41, 5.74) is 0. The number of aliphatic carboxylic acids is 2. The van der Waals surface area contributed by atoms with Gasteiger partial charge in [-0.1, -0.05) is 0 Å². The Balaban J connectivity index is -0.0000000118. The maximum Gasteiger partial charge on any atom is 2.00 e. The molecule has 0 aromatic carbocycles. The number of rotatable bonds is 0. The molecule has 0 aliphatic heterocycles. The summed E-state index contributed by atoms with van der Waals surface area (Å²) in [6.45, 7) is 0. The third kappa shape index (κ3) is 266. The van der Waals surface area contributed by atoms with E-state index in [1.165, 1.54) is 0 Å². The zero-order valence-corrected chi connectivity index (χ0v) is 9.31. The number of carboxylic acid groups (broad SMARTS) is 2. The SMILES string of the molecule is O.O.O.O.O.O=C(O)C(=O)O.O=S(=O)([O-])[O-].[Cu+2]. The van der Waals surface area contributed by atoms with Gasteiger partial charge in [0, 0.05) is 10.4 Å². The van der Waals surface area contributed by atoms with Gasteiger partial charge in [0.05, 0.1) is 0 Å². The molecule has 0 aromatic rings. The van der Waals surface area contributed by atoms with Crippen molar-refractivity contribution in [3.05, 3.63) is 0 Å². The van der Waals surface area contributed by atoms with Gasteiger partial charge < -0.3 is 46.7 Å². The number of carboxylic acids is 2. The second-order valence-corrected chi connectivity index (χ2v) is 1.84. The molecule has 15 heteroatoms. The molecule has 13 nitrogen and oxygen atoms in total. The van der Waals surface area contributed by atoms with E-state index in [0.29, 0.717) is 0 Å². The van der Waals surface area contributed by atoms with Crippen molar-refractivity contribution in [1.29, 1.82) is 0 Å². The molecule has 0 heterocycles. The van der Waals surface area contributed by atoms with Gasteiger partial charge in [-0.15, -0.1) is 0 Å². The van der Waals surface area contributed by atoms with Crippen molar-refractivity contribution in [2.24, 2.45) is 0 Å². The summed E-state index contributed by atoms with van der Waals surface area (Å²) in [5, 5.41) is 14.8. The molecule has 0 unspecified atom stereocenters. The van der Waals surface area contributed by atoms with Gasteiger partial charge in [-0.05, 0) is 0 Å². The Morgan fingerprint density at radius 1 is 0.765 bits per heavy atom. The Hall–Kier alpha value is -0.871. The Bertz CT molecular complexity index is 222. The van der Waals surface area contributed by atoms with Gasteiger partial charge in [0.15, 0.2) is 0 Å². The first-order valence-electron chi connectivity index (χ1n) is 1.77. The Morgan fingerprint density at radius 3 is 0.824 bits per heavy atom. The van der Waals surface area contributed by atoms with Crippen molar-refractivity contribution < 1.29 is 81.8 Å². The summed E-state index contributed by atoms with van der Waals surface area (Å²) in [4.78, 5) is 18.2. The van der Waals surface area contributed by atoms with E-state index in [0.717, 1.165) is 0 Å². The minimum absolute atomic E-state index is 0. The molecule has 0 saturated carbocycles. The molecule has 0 aliphatic carbocycles. The van der Waals surface area contributed by atoms with Crippen LogP contribution < -0.4 is 0 Å². The zero-order chi connectivity index (χ0) is 9.65. The van der Waals surface area contributed by atoms with E-state index in [1.807, 2.05) is 0 Å². The second-order valence-electron chi connectivity index (χ2n) is 1.02. The van der Waals surface area contributed by atoms with Crippen molar-refractivity contribution in [3.63, 3.8) is 0 Å². The quantitative estimate of drug-likeness (QED) is 0.184. The van der Waals surface area contributed by atoms with Crippen LogP contribution >= 0.6 is 0 Å².